The normalized spacial score (nSPS) is 11.8. The van der Waals surface area contributed by atoms with Crippen LogP contribution in [0.15, 0.2) is 132 Å². The molecule has 54 heavy (non-hydrogen) atoms. The summed E-state index contributed by atoms with van der Waals surface area (Å²) >= 11 is -1.86. The first kappa shape index (κ1) is 37.6. The molecule has 3 aromatic heterocycles. The van der Waals surface area contributed by atoms with Crippen LogP contribution in [0.4, 0.5) is 4.39 Å². The van der Waals surface area contributed by atoms with Gasteiger partial charge in [0.05, 0.1) is 5.58 Å². The molecular weight excluding hydrogens is 904 g/mol. The number of benzene rings is 5. The monoisotopic (exact) mass is 950 g/mol. The molecule has 0 bridgehead atoms. The average Bonchev–Trinajstić information content (AvgIpc) is 3.54. The van der Waals surface area contributed by atoms with Crippen LogP contribution >= 0.6 is 0 Å². The molecule has 0 fully saturated rings. The fraction of sp³-hybridized carbons (Fsp3) is 0.167. The van der Waals surface area contributed by atoms with E-state index in [2.05, 4.69) is 89.6 Å². The van der Waals surface area contributed by atoms with Crippen molar-refractivity contribution < 1.29 is 30.3 Å². The van der Waals surface area contributed by atoms with Gasteiger partial charge < -0.3 is 9.40 Å². The van der Waals surface area contributed by atoms with Crippen molar-refractivity contribution in [3.8, 4) is 44.8 Å². The molecular formula is C48H43FGeIrN2O-2. The van der Waals surface area contributed by atoms with Gasteiger partial charge in [0.2, 0.25) is 0 Å². The van der Waals surface area contributed by atoms with Gasteiger partial charge in [-0.2, -0.15) is 0 Å². The van der Waals surface area contributed by atoms with Crippen LogP contribution in [-0.2, 0) is 20.1 Å². The SMILES string of the molecule is [2H]C(C)(C)c1ccnc(-c2[c-]ccc3c2oc2cccc(-c4cc(C)cc(C)c4)c23)c1.[CH3][Ge]([CH3])([CH3])[c]1ccc(-c2[c-]cc(F)c(-c3ccccc3)c2)nc1.[Ir]. The molecule has 0 aliphatic heterocycles. The van der Waals surface area contributed by atoms with Crippen LogP contribution < -0.4 is 4.40 Å². The fourth-order valence-electron chi connectivity index (χ4n) is 6.69. The zero-order valence-corrected chi connectivity index (χ0v) is 36.1. The summed E-state index contributed by atoms with van der Waals surface area (Å²) in [4.78, 5) is 9.15. The van der Waals surface area contributed by atoms with Gasteiger partial charge in [-0.3, -0.25) is 0 Å². The number of hydrogen-bond donors (Lipinski definition) is 0. The summed E-state index contributed by atoms with van der Waals surface area (Å²) in [6.45, 7) is 8.02. The molecule has 273 valence electrons. The van der Waals surface area contributed by atoms with E-state index in [-0.39, 0.29) is 25.9 Å². The Morgan fingerprint density at radius 2 is 1.52 bits per heavy atom. The quantitative estimate of drug-likeness (QED) is 0.123. The van der Waals surface area contributed by atoms with E-state index >= 15 is 0 Å². The van der Waals surface area contributed by atoms with Crippen LogP contribution in [0.2, 0.25) is 17.3 Å². The summed E-state index contributed by atoms with van der Waals surface area (Å²) in [5.41, 5.74) is 12.1. The molecule has 0 amide bonds. The Bertz CT molecular complexity index is 2590. The Balaban J connectivity index is 0.000000192. The Hall–Kier alpha value is -4.68. The summed E-state index contributed by atoms with van der Waals surface area (Å²) in [5, 5.41) is 2.16. The van der Waals surface area contributed by atoms with E-state index in [0.29, 0.717) is 5.56 Å². The zero-order valence-electron chi connectivity index (χ0n) is 32.6. The van der Waals surface area contributed by atoms with Crippen molar-refractivity contribution in [2.45, 2.75) is 50.9 Å². The first-order valence-electron chi connectivity index (χ1n) is 18.4. The van der Waals surface area contributed by atoms with E-state index in [1.54, 1.807) is 6.20 Å². The summed E-state index contributed by atoms with van der Waals surface area (Å²) in [7, 11) is 0. The maximum absolute atomic E-state index is 14.1. The maximum atomic E-state index is 14.1. The largest absolute Gasteiger partial charge is 0 e. The molecule has 0 aliphatic carbocycles. The molecule has 0 N–H and O–H groups in total. The molecule has 0 aliphatic rings. The molecule has 0 unspecified atom stereocenters. The summed E-state index contributed by atoms with van der Waals surface area (Å²) in [5.74, 6) is 6.06. The second-order valence-corrected chi connectivity index (χ2v) is 25.5. The third-order valence-electron chi connectivity index (χ3n) is 9.47. The third kappa shape index (κ3) is 8.34. The number of furan rings is 1. The van der Waals surface area contributed by atoms with Crippen molar-refractivity contribution >= 4 is 39.6 Å². The molecule has 3 heterocycles. The van der Waals surface area contributed by atoms with E-state index in [9.17, 15) is 4.39 Å². The van der Waals surface area contributed by atoms with Crippen molar-refractivity contribution in [1.29, 1.82) is 0 Å². The van der Waals surface area contributed by atoms with Crippen molar-refractivity contribution in [3.05, 3.63) is 162 Å². The van der Waals surface area contributed by atoms with E-state index in [1.807, 2.05) is 92.8 Å². The number of aromatic nitrogens is 2. The van der Waals surface area contributed by atoms with Crippen molar-refractivity contribution in [3.63, 3.8) is 0 Å². The summed E-state index contributed by atoms with van der Waals surface area (Å²) in [6, 6.07) is 44.0. The van der Waals surface area contributed by atoms with Crippen molar-refractivity contribution in [2.75, 3.05) is 0 Å². The minimum absolute atomic E-state index is 0. The summed E-state index contributed by atoms with van der Waals surface area (Å²) < 4.78 is 30.3. The van der Waals surface area contributed by atoms with Crippen LogP contribution in [0.1, 0.15) is 37.8 Å². The number of halogens is 1. The van der Waals surface area contributed by atoms with Gasteiger partial charge >= 0.3 is 139 Å². The Kier molecular flexibility index (Phi) is 11.4. The fourth-order valence-corrected chi connectivity index (χ4v) is 8.86. The number of hydrogen-bond acceptors (Lipinski definition) is 3. The minimum atomic E-state index is -1.86. The van der Waals surface area contributed by atoms with Gasteiger partial charge in [-0.25, -0.2) is 0 Å². The second-order valence-electron chi connectivity index (χ2n) is 14.8. The third-order valence-corrected chi connectivity index (χ3v) is 13.7. The number of fused-ring (bicyclic) bond motifs is 3. The van der Waals surface area contributed by atoms with E-state index in [4.69, 9.17) is 5.79 Å². The van der Waals surface area contributed by atoms with E-state index < -0.39 is 19.2 Å². The van der Waals surface area contributed by atoms with Gasteiger partial charge in [0.1, 0.15) is 5.58 Å². The molecule has 0 saturated carbocycles. The van der Waals surface area contributed by atoms with Gasteiger partial charge in [0.25, 0.3) is 0 Å². The van der Waals surface area contributed by atoms with Crippen LogP contribution in [0, 0.1) is 31.8 Å². The molecule has 0 saturated heterocycles. The van der Waals surface area contributed by atoms with Crippen LogP contribution in [0.3, 0.4) is 0 Å². The standard InChI is InChI=1S/C28H24NO.C20H19FGeN.Ir/c1-17(2)20-11-12-29-25(16-20)23-8-5-9-24-27-22(7-6-10-26(27)30-28(23)24)21-14-18(3)13-19(4)15-21;1-22(2,3)17-10-12-20(23-14-17)16-9-11-19(21)18(13-16)15-7-5-4-6-8-15;/h5-7,9-17H,1-4H3;4-8,10-14H,1-3H3;/q2*-1;/i17D;;. The Morgan fingerprint density at radius 3 is 2.20 bits per heavy atom. The van der Waals surface area contributed by atoms with Gasteiger partial charge in [0.15, 0.2) is 0 Å². The molecule has 8 aromatic rings. The number of rotatable bonds is 6. The van der Waals surface area contributed by atoms with Crippen molar-refractivity contribution in [1.82, 2.24) is 9.97 Å². The van der Waals surface area contributed by atoms with E-state index in [0.717, 1.165) is 61.1 Å². The molecule has 8 rings (SSSR count). The minimum Gasteiger partial charge on any atom is 0 e. The number of nitrogens with zero attached hydrogens (tertiary/aromatic N) is 2. The number of pyridine rings is 2. The topological polar surface area (TPSA) is 38.9 Å². The molecule has 6 heteroatoms. The van der Waals surface area contributed by atoms with Crippen LogP contribution in [0.25, 0.3) is 66.7 Å². The molecule has 1 radical (unpaired) electrons. The molecule has 0 spiro atoms. The first-order valence-corrected chi connectivity index (χ1v) is 25.3. The predicted octanol–water partition coefficient (Wildman–Crippen LogP) is 12.8. The van der Waals surface area contributed by atoms with Gasteiger partial charge in [0, 0.05) is 33.1 Å². The van der Waals surface area contributed by atoms with Crippen LogP contribution in [-0.4, -0.2) is 23.2 Å². The van der Waals surface area contributed by atoms with Crippen LogP contribution in [0.5, 0.6) is 0 Å². The van der Waals surface area contributed by atoms with Gasteiger partial charge in [-0.1, -0.05) is 77.9 Å². The van der Waals surface area contributed by atoms with E-state index in [1.165, 1.54) is 27.2 Å². The molecule has 3 nitrogen and oxygen atoms in total. The Labute approximate surface area is 335 Å². The first-order chi connectivity index (χ1) is 25.8. The number of aryl methyl sites for hydroxylation is 2. The second kappa shape index (κ2) is 16.4. The van der Waals surface area contributed by atoms with Gasteiger partial charge in [-0.15, -0.1) is 18.2 Å². The average molecular weight is 949 g/mol. The molecule has 0 atom stereocenters. The zero-order chi connectivity index (χ0) is 38.2. The molecule has 5 aromatic carbocycles. The van der Waals surface area contributed by atoms with Crippen molar-refractivity contribution in [2.24, 2.45) is 0 Å². The Morgan fingerprint density at radius 1 is 0.759 bits per heavy atom. The predicted molar refractivity (Wildman–Crippen MR) is 222 cm³/mol. The summed E-state index contributed by atoms with van der Waals surface area (Å²) in [6.07, 6.45) is 3.73. The van der Waals surface area contributed by atoms with Gasteiger partial charge in [-0.05, 0) is 48.7 Å². The smallest absolute Gasteiger partial charge is 0 e. The maximum Gasteiger partial charge on any atom is 0 e.